The van der Waals surface area contributed by atoms with E-state index in [1.807, 2.05) is 0 Å². The fraction of sp³-hybridized carbons (Fsp3) is 0.739. The first-order chi connectivity index (χ1) is 12.8. The smallest absolute Gasteiger partial charge is 0.133 e. The summed E-state index contributed by atoms with van der Waals surface area (Å²) in [6.07, 6.45) is 9.69. The third-order valence-electron chi connectivity index (χ3n) is 7.13. The van der Waals surface area contributed by atoms with Gasteiger partial charge in [-0.1, -0.05) is 41.5 Å². The first kappa shape index (κ1) is 18.8. The zero-order chi connectivity index (χ0) is 19.3. The van der Waals surface area contributed by atoms with Crippen LogP contribution in [0, 0.1) is 11.8 Å². The van der Waals surface area contributed by atoms with Gasteiger partial charge in [-0.2, -0.15) is 10.2 Å². The molecule has 2 aromatic heterocycles. The molecule has 0 N–H and O–H groups in total. The molecule has 148 valence electrons. The normalized spacial score (nSPS) is 27.9. The molecule has 0 unspecified atom stereocenters. The van der Waals surface area contributed by atoms with Crippen LogP contribution in [0.3, 0.4) is 0 Å². The van der Waals surface area contributed by atoms with E-state index in [0.29, 0.717) is 35.5 Å². The Bertz CT molecular complexity index is 731. The Morgan fingerprint density at radius 2 is 1.19 bits per heavy atom. The van der Waals surface area contributed by atoms with Gasteiger partial charge in [0.2, 0.25) is 0 Å². The second-order valence-corrected chi connectivity index (χ2v) is 9.82. The van der Waals surface area contributed by atoms with E-state index in [1.54, 1.807) is 0 Å². The molecule has 2 aromatic rings. The minimum Gasteiger partial charge on any atom is -0.251 e. The van der Waals surface area contributed by atoms with Crippen molar-refractivity contribution in [2.45, 2.75) is 97.6 Å². The van der Waals surface area contributed by atoms with E-state index in [9.17, 15) is 0 Å². The minimum atomic E-state index is 0.605. The Morgan fingerprint density at radius 3 is 1.56 bits per heavy atom. The zero-order valence-electron chi connectivity index (χ0n) is 17.9. The van der Waals surface area contributed by atoms with Crippen LogP contribution in [0.2, 0.25) is 0 Å². The van der Waals surface area contributed by atoms with E-state index in [-0.39, 0.29) is 0 Å². The molecular weight excluding hydrogens is 332 g/mol. The maximum absolute atomic E-state index is 5.03. The molecule has 4 atom stereocenters. The van der Waals surface area contributed by atoms with E-state index in [4.69, 9.17) is 10.2 Å². The number of fused-ring (bicyclic) bond motifs is 2. The van der Waals surface area contributed by atoms with Gasteiger partial charge < -0.3 is 0 Å². The fourth-order valence-corrected chi connectivity index (χ4v) is 5.27. The zero-order valence-corrected chi connectivity index (χ0v) is 17.9. The summed E-state index contributed by atoms with van der Waals surface area (Å²) in [5.74, 6) is 3.77. The van der Waals surface area contributed by atoms with Gasteiger partial charge in [0.25, 0.3) is 0 Å². The Morgan fingerprint density at radius 1 is 0.778 bits per heavy atom. The van der Waals surface area contributed by atoms with Crippen molar-refractivity contribution in [3.05, 3.63) is 34.9 Å². The maximum Gasteiger partial charge on any atom is 0.133 e. The molecule has 0 bridgehead atoms. The van der Waals surface area contributed by atoms with Crippen LogP contribution >= 0.6 is 0 Å². The highest BCUT2D eigenvalue weighted by Gasteiger charge is 2.32. The second-order valence-electron chi connectivity index (χ2n) is 9.82. The average molecular weight is 369 g/mol. The van der Waals surface area contributed by atoms with Crippen LogP contribution in [0.25, 0.3) is 0 Å². The van der Waals surface area contributed by atoms with Gasteiger partial charge in [0, 0.05) is 24.2 Å². The first-order valence-electron chi connectivity index (χ1n) is 11.0. The molecule has 0 fully saturated rings. The molecule has 0 radical (unpaired) electrons. The van der Waals surface area contributed by atoms with Crippen LogP contribution in [0.15, 0.2) is 12.4 Å². The molecule has 0 aliphatic heterocycles. The van der Waals surface area contributed by atoms with Crippen molar-refractivity contribution in [1.29, 1.82) is 0 Å². The summed E-state index contributed by atoms with van der Waals surface area (Å²) in [6, 6.07) is 0. The highest BCUT2D eigenvalue weighted by Crippen LogP contribution is 2.42. The first-order valence-corrected chi connectivity index (χ1v) is 11.0. The Kier molecular flexibility index (Phi) is 4.94. The highest BCUT2D eigenvalue weighted by molar-refractivity contribution is 5.29. The van der Waals surface area contributed by atoms with Crippen LogP contribution in [0.1, 0.15) is 113 Å². The van der Waals surface area contributed by atoms with E-state index in [2.05, 4.69) is 63.3 Å². The van der Waals surface area contributed by atoms with Crippen LogP contribution < -0.4 is 0 Å². The van der Waals surface area contributed by atoms with Crippen molar-refractivity contribution >= 4 is 0 Å². The van der Waals surface area contributed by atoms with E-state index in [0.717, 1.165) is 6.67 Å². The number of hydrogen-bond acceptors (Lipinski definition) is 2. The van der Waals surface area contributed by atoms with Crippen molar-refractivity contribution in [3.8, 4) is 0 Å². The number of aromatic nitrogens is 4. The third-order valence-corrected chi connectivity index (χ3v) is 7.13. The lowest BCUT2D eigenvalue weighted by atomic mass is 9.77. The molecule has 0 saturated carbocycles. The standard InChI is InChI=1S/C23H36N4/c1-14(2)18-9-7-16(5)20-11-26(24-22(18)20)13-27-12-21-17(6)8-10-19(15(3)4)23(21)25-27/h11-12,14-19H,7-10,13H2,1-6H3/t16-,17-,18-,19-/m1/s1. The molecule has 2 heterocycles. The fourth-order valence-electron chi connectivity index (χ4n) is 5.27. The molecular formula is C23H36N4. The summed E-state index contributed by atoms with van der Waals surface area (Å²) in [6.45, 7) is 14.8. The average Bonchev–Trinajstić information content (AvgIpc) is 3.20. The summed E-state index contributed by atoms with van der Waals surface area (Å²) >= 11 is 0. The summed E-state index contributed by atoms with van der Waals surface area (Å²) in [4.78, 5) is 0. The third kappa shape index (κ3) is 3.36. The molecule has 4 rings (SSSR count). The molecule has 27 heavy (non-hydrogen) atoms. The minimum absolute atomic E-state index is 0.605. The van der Waals surface area contributed by atoms with Gasteiger partial charge in [0.1, 0.15) is 6.67 Å². The van der Waals surface area contributed by atoms with Crippen LogP contribution in [0.5, 0.6) is 0 Å². The summed E-state index contributed by atoms with van der Waals surface area (Å²) in [5, 5.41) is 10.1. The summed E-state index contributed by atoms with van der Waals surface area (Å²) in [7, 11) is 0. The largest absolute Gasteiger partial charge is 0.251 e. The predicted molar refractivity (Wildman–Crippen MR) is 110 cm³/mol. The second kappa shape index (κ2) is 7.10. The van der Waals surface area contributed by atoms with E-state index in [1.165, 1.54) is 48.2 Å². The van der Waals surface area contributed by atoms with Gasteiger partial charge in [-0.05, 0) is 60.5 Å². The molecule has 4 heteroatoms. The Hall–Kier alpha value is -1.58. The molecule has 2 aliphatic carbocycles. The number of rotatable bonds is 4. The molecule has 2 aliphatic rings. The van der Waals surface area contributed by atoms with Gasteiger partial charge in [0.05, 0.1) is 11.4 Å². The van der Waals surface area contributed by atoms with E-state index >= 15 is 0 Å². The summed E-state index contributed by atoms with van der Waals surface area (Å²) in [5.41, 5.74) is 5.61. The quantitative estimate of drug-likeness (QED) is 0.677. The van der Waals surface area contributed by atoms with E-state index < -0.39 is 0 Å². The van der Waals surface area contributed by atoms with Crippen molar-refractivity contribution in [3.63, 3.8) is 0 Å². The van der Waals surface area contributed by atoms with Gasteiger partial charge >= 0.3 is 0 Å². The molecule has 4 nitrogen and oxygen atoms in total. The lowest BCUT2D eigenvalue weighted by Crippen LogP contribution is -2.17. The SMILES string of the molecule is CC(C)[C@H]1CC[C@@H](C)c2cn(Cn3cc4c(n3)[C@@H](C(C)C)CC[C@H]4C)nc21. The molecule has 0 aromatic carbocycles. The van der Waals surface area contributed by atoms with Gasteiger partial charge in [-0.15, -0.1) is 0 Å². The molecule has 0 amide bonds. The number of hydrogen-bond donors (Lipinski definition) is 0. The molecule has 0 spiro atoms. The molecule has 0 saturated heterocycles. The van der Waals surface area contributed by atoms with Crippen LogP contribution in [0.4, 0.5) is 0 Å². The van der Waals surface area contributed by atoms with Crippen molar-refractivity contribution in [2.75, 3.05) is 0 Å². The monoisotopic (exact) mass is 368 g/mol. The van der Waals surface area contributed by atoms with Crippen molar-refractivity contribution < 1.29 is 0 Å². The maximum atomic E-state index is 5.03. The number of nitrogens with zero attached hydrogens (tertiary/aromatic N) is 4. The lowest BCUT2D eigenvalue weighted by Gasteiger charge is -2.28. The van der Waals surface area contributed by atoms with Gasteiger partial charge in [-0.3, -0.25) is 9.36 Å². The van der Waals surface area contributed by atoms with Gasteiger partial charge in [-0.25, -0.2) is 0 Å². The van der Waals surface area contributed by atoms with Crippen molar-refractivity contribution in [1.82, 2.24) is 19.6 Å². The predicted octanol–water partition coefficient (Wildman–Crippen LogP) is 5.86. The topological polar surface area (TPSA) is 35.6 Å². The van der Waals surface area contributed by atoms with Gasteiger partial charge in [0.15, 0.2) is 0 Å². The highest BCUT2D eigenvalue weighted by atomic mass is 15.4. The lowest BCUT2D eigenvalue weighted by molar-refractivity contribution is 0.393. The summed E-state index contributed by atoms with van der Waals surface area (Å²) < 4.78 is 4.27. The van der Waals surface area contributed by atoms with Crippen LogP contribution in [-0.2, 0) is 6.67 Å². The Labute approximate surface area is 164 Å². The van der Waals surface area contributed by atoms with Crippen molar-refractivity contribution in [2.24, 2.45) is 11.8 Å². The Balaban J connectivity index is 1.62. The van der Waals surface area contributed by atoms with Crippen LogP contribution in [-0.4, -0.2) is 19.6 Å².